The molecule has 0 aliphatic carbocycles. The molecule has 0 saturated carbocycles. The fourth-order valence-corrected chi connectivity index (χ4v) is 2.89. The zero-order valence-electron chi connectivity index (χ0n) is 11.3. The smallest absolute Gasteiger partial charge is 0.355 e. The Morgan fingerprint density at radius 2 is 1.95 bits per heavy atom. The maximum Gasteiger partial charge on any atom is 0.355 e. The lowest BCUT2D eigenvalue weighted by Gasteiger charge is -2.05. The van der Waals surface area contributed by atoms with Gasteiger partial charge in [0.25, 0.3) is 0 Å². The monoisotopic (exact) mass is 275 g/mol. The summed E-state index contributed by atoms with van der Waals surface area (Å²) in [4.78, 5) is 16.2. The van der Waals surface area contributed by atoms with Gasteiger partial charge >= 0.3 is 5.97 Å². The minimum atomic E-state index is -0.946. The van der Waals surface area contributed by atoms with Crippen LogP contribution in [0, 0.1) is 0 Å². The number of carboxylic acids is 1. The van der Waals surface area contributed by atoms with E-state index < -0.39 is 5.97 Å². The van der Waals surface area contributed by atoms with Crippen molar-refractivity contribution in [1.82, 2.24) is 4.98 Å². The quantitative estimate of drug-likeness (QED) is 0.910. The number of benzene rings is 1. The van der Waals surface area contributed by atoms with E-state index in [0.29, 0.717) is 12.3 Å². The highest BCUT2D eigenvalue weighted by atomic mass is 32.1. The van der Waals surface area contributed by atoms with Gasteiger partial charge in [-0.25, -0.2) is 9.78 Å². The Kier molecular flexibility index (Phi) is 4.00. The van der Waals surface area contributed by atoms with Crippen LogP contribution in [0.1, 0.15) is 47.6 Å². The second-order valence-corrected chi connectivity index (χ2v) is 5.81. The summed E-state index contributed by atoms with van der Waals surface area (Å²) in [6.45, 7) is 6.25. The Bertz CT molecular complexity index is 585. The first kappa shape index (κ1) is 13.7. The number of aromatic nitrogens is 1. The van der Waals surface area contributed by atoms with Crippen LogP contribution in [0.4, 0.5) is 0 Å². The van der Waals surface area contributed by atoms with E-state index in [1.807, 2.05) is 19.1 Å². The molecule has 0 radical (unpaired) electrons. The van der Waals surface area contributed by atoms with Crippen LogP contribution in [0.5, 0.6) is 0 Å². The number of carboxylic acid groups (broad SMARTS) is 1. The lowest BCUT2D eigenvalue weighted by molar-refractivity contribution is 0.0690. The molecule has 1 heterocycles. The molecule has 0 aliphatic heterocycles. The minimum absolute atomic E-state index is 0.190. The van der Waals surface area contributed by atoms with Crippen LogP contribution in [-0.4, -0.2) is 16.1 Å². The zero-order valence-corrected chi connectivity index (χ0v) is 12.1. The van der Waals surface area contributed by atoms with Gasteiger partial charge < -0.3 is 5.11 Å². The average molecular weight is 275 g/mol. The van der Waals surface area contributed by atoms with Crippen molar-refractivity contribution in [3.8, 4) is 10.6 Å². The van der Waals surface area contributed by atoms with Crippen molar-refractivity contribution in [1.29, 1.82) is 0 Å². The number of aromatic carboxylic acids is 1. The Labute approximate surface area is 116 Å². The summed E-state index contributed by atoms with van der Waals surface area (Å²) in [5, 5.41) is 9.90. The van der Waals surface area contributed by atoms with Crippen molar-refractivity contribution in [3.63, 3.8) is 0 Å². The fraction of sp³-hybridized carbons (Fsp3) is 0.333. The highest BCUT2D eigenvalue weighted by molar-refractivity contribution is 7.15. The van der Waals surface area contributed by atoms with Crippen LogP contribution in [0.2, 0.25) is 0 Å². The number of thiazole rings is 1. The Hall–Kier alpha value is -1.68. The Morgan fingerprint density at radius 3 is 2.37 bits per heavy atom. The number of aryl methyl sites for hydroxylation is 1. The number of hydrogen-bond acceptors (Lipinski definition) is 3. The molecule has 0 amide bonds. The molecule has 0 atom stereocenters. The minimum Gasteiger partial charge on any atom is -0.476 e. The molecule has 0 fully saturated rings. The summed E-state index contributed by atoms with van der Waals surface area (Å²) < 4.78 is 0. The maximum atomic E-state index is 11.1. The standard InChI is InChI=1S/C15H17NO2S/c1-4-12-13(15(17)18)16-14(19-12)11-7-5-10(6-8-11)9(2)3/h5-9H,4H2,1-3H3,(H,17,18). The summed E-state index contributed by atoms with van der Waals surface area (Å²) in [6, 6.07) is 8.18. The molecule has 0 bridgehead atoms. The van der Waals surface area contributed by atoms with Gasteiger partial charge in [0.15, 0.2) is 5.69 Å². The predicted molar refractivity (Wildman–Crippen MR) is 78.0 cm³/mol. The predicted octanol–water partition coefficient (Wildman–Crippen LogP) is 4.19. The van der Waals surface area contributed by atoms with Gasteiger partial charge in [0, 0.05) is 10.4 Å². The first-order valence-corrected chi connectivity index (χ1v) is 7.18. The summed E-state index contributed by atoms with van der Waals surface area (Å²) in [6.07, 6.45) is 0.698. The van der Waals surface area contributed by atoms with E-state index >= 15 is 0 Å². The summed E-state index contributed by atoms with van der Waals surface area (Å²) in [5.41, 5.74) is 2.45. The van der Waals surface area contributed by atoms with Crippen molar-refractivity contribution in [3.05, 3.63) is 40.4 Å². The number of rotatable bonds is 4. The van der Waals surface area contributed by atoms with E-state index in [4.69, 9.17) is 5.11 Å². The molecule has 2 aromatic rings. The van der Waals surface area contributed by atoms with Gasteiger partial charge in [-0.15, -0.1) is 11.3 Å². The first-order valence-electron chi connectivity index (χ1n) is 6.36. The molecule has 2 rings (SSSR count). The molecule has 0 spiro atoms. The molecular weight excluding hydrogens is 258 g/mol. The van der Waals surface area contributed by atoms with E-state index in [9.17, 15) is 4.79 Å². The van der Waals surface area contributed by atoms with Crippen LogP contribution >= 0.6 is 11.3 Å². The third kappa shape index (κ3) is 2.84. The third-order valence-electron chi connectivity index (χ3n) is 3.05. The van der Waals surface area contributed by atoms with Gasteiger partial charge in [-0.3, -0.25) is 0 Å². The number of carbonyl (C=O) groups is 1. The SMILES string of the molecule is CCc1sc(-c2ccc(C(C)C)cc2)nc1C(=O)O. The van der Waals surface area contributed by atoms with Gasteiger partial charge in [0.1, 0.15) is 5.01 Å². The molecule has 3 nitrogen and oxygen atoms in total. The molecular formula is C15H17NO2S. The molecule has 19 heavy (non-hydrogen) atoms. The second kappa shape index (κ2) is 5.53. The van der Waals surface area contributed by atoms with Crippen LogP contribution < -0.4 is 0 Å². The highest BCUT2D eigenvalue weighted by Crippen LogP contribution is 2.29. The number of nitrogens with zero attached hydrogens (tertiary/aromatic N) is 1. The Morgan fingerprint density at radius 1 is 1.32 bits per heavy atom. The van der Waals surface area contributed by atoms with Crippen molar-refractivity contribution < 1.29 is 9.90 Å². The molecule has 1 N–H and O–H groups in total. The third-order valence-corrected chi connectivity index (χ3v) is 4.29. The molecule has 0 aliphatic rings. The molecule has 0 unspecified atom stereocenters. The number of hydrogen-bond donors (Lipinski definition) is 1. The first-order chi connectivity index (χ1) is 9.02. The van der Waals surface area contributed by atoms with Crippen molar-refractivity contribution >= 4 is 17.3 Å². The van der Waals surface area contributed by atoms with E-state index in [2.05, 4.69) is 31.0 Å². The van der Waals surface area contributed by atoms with Crippen molar-refractivity contribution in [2.45, 2.75) is 33.1 Å². The van der Waals surface area contributed by atoms with E-state index in [-0.39, 0.29) is 5.69 Å². The summed E-state index contributed by atoms with van der Waals surface area (Å²) >= 11 is 1.46. The normalized spacial score (nSPS) is 10.9. The van der Waals surface area contributed by atoms with Crippen molar-refractivity contribution in [2.75, 3.05) is 0 Å². The molecule has 1 aromatic carbocycles. The van der Waals surface area contributed by atoms with Gasteiger partial charge in [-0.1, -0.05) is 45.0 Å². The lowest BCUT2D eigenvalue weighted by Crippen LogP contribution is -1.99. The topological polar surface area (TPSA) is 50.2 Å². The lowest BCUT2D eigenvalue weighted by atomic mass is 10.0. The highest BCUT2D eigenvalue weighted by Gasteiger charge is 2.16. The Balaban J connectivity index is 2.39. The second-order valence-electron chi connectivity index (χ2n) is 4.73. The van der Waals surface area contributed by atoms with Crippen LogP contribution in [-0.2, 0) is 6.42 Å². The molecule has 0 saturated heterocycles. The van der Waals surface area contributed by atoms with Gasteiger partial charge in [-0.05, 0) is 17.9 Å². The van der Waals surface area contributed by atoms with Crippen molar-refractivity contribution in [2.24, 2.45) is 0 Å². The largest absolute Gasteiger partial charge is 0.476 e. The van der Waals surface area contributed by atoms with Gasteiger partial charge in [0.2, 0.25) is 0 Å². The molecule has 1 aromatic heterocycles. The van der Waals surface area contributed by atoms with Crippen LogP contribution in [0.3, 0.4) is 0 Å². The fourth-order valence-electron chi connectivity index (χ4n) is 1.89. The maximum absolute atomic E-state index is 11.1. The van der Waals surface area contributed by atoms with E-state index in [0.717, 1.165) is 15.4 Å². The van der Waals surface area contributed by atoms with E-state index in [1.165, 1.54) is 16.9 Å². The molecule has 100 valence electrons. The molecule has 4 heteroatoms. The summed E-state index contributed by atoms with van der Waals surface area (Å²) in [7, 11) is 0. The zero-order chi connectivity index (χ0) is 14.0. The van der Waals surface area contributed by atoms with Crippen LogP contribution in [0.25, 0.3) is 10.6 Å². The van der Waals surface area contributed by atoms with E-state index in [1.54, 1.807) is 0 Å². The summed E-state index contributed by atoms with van der Waals surface area (Å²) in [5.74, 6) is -0.454. The average Bonchev–Trinajstić information content (AvgIpc) is 2.83. The van der Waals surface area contributed by atoms with Gasteiger partial charge in [0.05, 0.1) is 0 Å². The van der Waals surface area contributed by atoms with Gasteiger partial charge in [-0.2, -0.15) is 0 Å². The van der Waals surface area contributed by atoms with Crippen LogP contribution in [0.15, 0.2) is 24.3 Å².